The predicted octanol–water partition coefficient (Wildman–Crippen LogP) is 2.23. The fourth-order valence-electron chi connectivity index (χ4n) is 1.36. The molecule has 0 atom stereocenters. The lowest BCUT2D eigenvalue weighted by molar-refractivity contribution is 0.358. The maximum absolute atomic E-state index is 5.74. The molecule has 0 aliphatic carbocycles. The third-order valence-electron chi connectivity index (χ3n) is 1.97. The van der Waals surface area contributed by atoms with E-state index in [9.17, 15) is 0 Å². The van der Waals surface area contributed by atoms with E-state index in [1.807, 2.05) is 6.07 Å². The first-order valence-corrected chi connectivity index (χ1v) is 4.40. The van der Waals surface area contributed by atoms with Crippen molar-refractivity contribution >= 4 is 22.6 Å². The highest BCUT2D eigenvalue weighted by atomic mass is 35.5. The van der Waals surface area contributed by atoms with Gasteiger partial charge in [-0.2, -0.15) is 0 Å². The Labute approximate surface area is 85.8 Å². The second-order valence-corrected chi connectivity index (χ2v) is 3.08. The van der Waals surface area contributed by atoms with Crippen LogP contribution in [0.4, 0.5) is 0 Å². The van der Waals surface area contributed by atoms with E-state index in [1.54, 1.807) is 20.3 Å². The fraction of sp³-hybridized carbons (Fsp3) is 0.222. The molecule has 1 aromatic heterocycles. The van der Waals surface area contributed by atoms with E-state index in [4.69, 9.17) is 21.1 Å². The standard InChI is InChI=1S/C9H9ClN2O2/c1-13-6-4-3-5-7(8(6)14-2)12-9(10)11-5/h3-4H,1-2H3,(H,11,12). The summed E-state index contributed by atoms with van der Waals surface area (Å²) in [7, 11) is 3.15. The minimum absolute atomic E-state index is 0.339. The molecule has 0 unspecified atom stereocenters. The van der Waals surface area contributed by atoms with Crippen LogP contribution in [0.15, 0.2) is 12.1 Å². The number of methoxy groups -OCH3 is 2. The Morgan fingerprint density at radius 2 is 2.07 bits per heavy atom. The molecule has 74 valence electrons. The third kappa shape index (κ3) is 1.28. The number of imidazole rings is 1. The summed E-state index contributed by atoms with van der Waals surface area (Å²) in [5, 5.41) is 0.339. The van der Waals surface area contributed by atoms with Crippen molar-refractivity contribution in [1.82, 2.24) is 9.97 Å². The number of nitrogens with zero attached hydrogens (tertiary/aromatic N) is 1. The van der Waals surface area contributed by atoms with Crippen LogP contribution in [0, 0.1) is 0 Å². The number of H-pyrrole nitrogens is 1. The Bertz CT molecular complexity index is 467. The lowest BCUT2D eigenvalue weighted by atomic mass is 10.2. The van der Waals surface area contributed by atoms with Crippen molar-refractivity contribution in [2.75, 3.05) is 14.2 Å². The topological polar surface area (TPSA) is 47.1 Å². The van der Waals surface area contributed by atoms with Crippen molar-refractivity contribution in [2.45, 2.75) is 0 Å². The molecule has 14 heavy (non-hydrogen) atoms. The normalized spacial score (nSPS) is 10.5. The number of rotatable bonds is 2. The summed E-state index contributed by atoms with van der Waals surface area (Å²) in [6, 6.07) is 3.64. The van der Waals surface area contributed by atoms with Crippen LogP contribution >= 0.6 is 11.6 Å². The molecule has 0 fully saturated rings. The van der Waals surface area contributed by atoms with Gasteiger partial charge in [0.2, 0.25) is 5.28 Å². The van der Waals surface area contributed by atoms with E-state index < -0.39 is 0 Å². The van der Waals surface area contributed by atoms with Crippen LogP contribution in [-0.4, -0.2) is 24.2 Å². The molecule has 1 aromatic carbocycles. The lowest BCUT2D eigenvalue weighted by Crippen LogP contribution is -1.90. The molecule has 0 saturated heterocycles. The van der Waals surface area contributed by atoms with Crippen LogP contribution in [0.5, 0.6) is 11.5 Å². The number of aromatic nitrogens is 2. The SMILES string of the molecule is COc1ccc2[nH]c(Cl)nc2c1OC. The second kappa shape index (κ2) is 3.38. The number of hydrogen-bond acceptors (Lipinski definition) is 3. The van der Waals surface area contributed by atoms with Crippen LogP contribution in [0.25, 0.3) is 11.0 Å². The first-order valence-electron chi connectivity index (χ1n) is 4.02. The van der Waals surface area contributed by atoms with Gasteiger partial charge >= 0.3 is 0 Å². The van der Waals surface area contributed by atoms with E-state index in [1.165, 1.54) is 0 Å². The van der Waals surface area contributed by atoms with Gasteiger partial charge in [0, 0.05) is 0 Å². The highest BCUT2D eigenvalue weighted by Crippen LogP contribution is 2.34. The number of ether oxygens (including phenoxy) is 2. The molecule has 0 saturated carbocycles. The minimum atomic E-state index is 0.339. The molecule has 0 amide bonds. The molecular formula is C9H9ClN2O2. The first-order chi connectivity index (χ1) is 6.76. The summed E-state index contributed by atoms with van der Waals surface area (Å²) in [5.74, 6) is 1.23. The molecule has 0 bridgehead atoms. The molecule has 0 spiro atoms. The number of fused-ring (bicyclic) bond motifs is 1. The Morgan fingerprint density at radius 1 is 1.29 bits per heavy atom. The summed E-state index contributed by atoms with van der Waals surface area (Å²) < 4.78 is 10.3. The number of benzene rings is 1. The van der Waals surface area contributed by atoms with Crippen LogP contribution in [0.2, 0.25) is 5.28 Å². The highest BCUT2D eigenvalue weighted by Gasteiger charge is 2.11. The predicted molar refractivity (Wildman–Crippen MR) is 54.2 cm³/mol. The molecular weight excluding hydrogens is 204 g/mol. The smallest absolute Gasteiger partial charge is 0.201 e. The molecule has 5 heteroatoms. The number of aromatic amines is 1. The Morgan fingerprint density at radius 3 is 2.71 bits per heavy atom. The summed E-state index contributed by atoms with van der Waals surface area (Å²) in [5.41, 5.74) is 1.50. The fourth-order valence-corrected chi connectivity index (χ4v) is 1.55. The van der Waals surface area contributed by atoms with Crippen molar-refractivity contribution < 1.29 is 9.47 Å². The van der Waals surface area contributed by atoms with Crippen molar-refractivity contribution in [3.05, 3.63) is 17.4 Å². The molecule has 0 aliphatic rings. The van der Waals surface area contributed by atoms with E-state index in [-0.39, 0.29) is 0 Å². The Kier molecular flexibility index (Phi) is 2.21. The lowest BCUT2D eigenvalue weighted by Gasteiger charge is -2.06. The van der Waals surface area contributed by atoms with Gasteiger partial charge in [0.05, 0.1) is 19.7 Å². The number of halogens is 1. The summed E-state index contributed by atoms with van der Waals surface area (Å²) in [4.78, 5) is 7.00. The second-order valence-electron chi connectivity index (χ2n) is 2.72. The monoisotopic (exact) mass is 212 g/mol. The van der Waals surface area contributed by atoms with Crippen molar-refractivity contribution in [1.29, 1.82) is 0 Å². The zero-order valence-corrected chi connectivity index (χ0v) is 8.55. The summed E-state index contributed by atoms with van der Waals surface area (Å²) in [6.07, 6.45) is 0. The van der Waals surface area contributed by atoms with Gasteiger partial charge in [-0.25, -0.2) is 4.98 Å². The molecule has 0 aliphatic heterocycles. The first kappa shape index (κ1) is 9.15. The molecule has 2 aromatic rings. The zero-order valence-electron chi connectivity index (χ0n) is 7.80. The molecule has 2 rings (SSSR count). The van der Waals surface area contributed by atoms with Crippen molar-refractivity contribution in [3.63, 3.8) is 0 Å². The van der Waals surface area contributed by atoms with Crippen LogP contribution < -0.4 is 9.47 Å². The largest absolute Gasteiger partial charge is 0.493 e. The molecule has 4 nitrogen and oxygen atoms in total. The average Bonchev–Trinajstić information content (AvgIpc) is 2.56. The van der Waals surface area contributed by atoms with Gasteiger partial charge in [-0.15, -0.1) is 0 Å². The van der Waals surface area contributed by atoms with E-state index in [2.05, 4.69) is 9.97 Å². The highest BCUT2D eigenvalue weighted by molar-refractivity contribution is 6.29. The quantitative estimate of drug-likeness (QED) is 0.831. The zero-order chi connectivity index (χ0) is 10.1. The number of nitrogens with one attached hydrogen (secondary N) is 1. The van der Waals surface area contributed by atoms with Gasteiger partial charge < -0.3 is 14.5 Å². The van der Waals surface area contributed by atoms with E-state index in [0.29, 0.717) is 22.3 Å². The molecule has 1 N–H and O–H groups in total. The number of hydrogen-bond donors (Lipinski definition) is 1. The van der Waals surface area contributed by atoms with E-state index >= 15 is 0 Å². The Balaban J connectivity index is 2.75. The van der Waals surface area contributed by atoms with Gasteiger partial charge in [0.15, 0.2) is 11.5 Å². The van der Waals surface area contributed by atoms with Gasteiger partial charge in [-0.3, -0.25) is 0 Å². The minimum Gasteiger partial charge on any atom is -0.493 e. The van der Waals surface area contributed by atoms with Crippen molar-refractivity contribution in [3.8, 4) is 11.5 Å². The maximum atomic E-state index is 5.74. The Hall–Kier alpha value is -1.42. The average molecular weight is 213 g/mol. The van der Waals surface area contributed by atoms with Crippen LogP contribution in [-0.2, 0) is 0 Å². The maximum Gasteiger partial charge on any atom is 0.201 e. The molecule has 0 radical (unpaired) electrons. The van der Waals surface area contributed by atoms with Gasteiger partial charge in [0.1, 0.15) is 5.52 Å². The summed E-state index contributed by atoms with van der Waals surface area (Å²) >= 11 is 5.74. The van der Waals surface area contributed by atoms with Crippen LogP contribution in [0.3, 0.4) is 0 Å². The van der Waals surface area contributed by atoms with Gasteiger partial charge in [0.25, 0.3) is 0 Å². The summed E-state index contributed by atoms with van der Waals surface area (Å²) in [6.45, 7) is 0. The van der Waals surface area contributed by atoms with Crippen LogP contribution in [0.1, 0.15) is 0 Å². The van der Waals surface area contributed by atoms with Gasteiger partial charge in [-0.05, 0) is 23.7 Å². The van der Waals surface area contributed by atoms with E-state index in [0.717, 1.165) is 5.52 Å². The molecule has 1 heterocycles. The van der Waals surface area contributed by atoms with Crippen molar-refractivity contribution in [2.24, 2.45) is 0 Å². The third-order valence-corrected chi connectivity index (χ3v) is 2.15. The van der Waals surface area contributed by atoms with Gasteiger partial charge in [-0.1, -0.05) is 0 Å².